The predicted molar refractivity (Wildman–Crippen MR) is 80.6 cm³/mol. The Morgan fingerprint density at radius 3 is 2.61 bits per heavy atom. The second-order valence-corrected chi connectivity index (χ2v) is 4.49. The summed E-state index contributed by atoms with van der Waals surface area (Å²) in [6.07, 6.45) is 0.923. The Labute approximate surface area is 119 Å². The van der Waals surface area contributed by atoms with Gasteiger partial charge in [0.05, 0.1) is 4.43 Å². The van der Waals surface area contributed by atoms with Gasteiger partial charge in [0, 0.05) is 6.54 Å². The third-order valence-electron chi connectivity index (χ3n) is 2.36. The van der Waals surface area contributed by atoms with Crippen molar-refractivity contribution in [2.75, 3.05) is 17.6 Å². The highest BCUT2D eigenvalue weighted by Gasteiger charge is 2.02. The van der Waals surface area contributed by atoms with E-state index in [0.717, 1.165) is 17.4 Å². The summed E-state index contributed by atoms with van der Waals surface area (Å²) in [7, 11) is 0. The van der Waals surface area contributed by atoms with E-state index in [9.17, 15) is 0 Å². The summed E-state index contributed by atoms with van der Waals surface area (Å²) in [5.41, 5.74) is 6.89. The van der Waals surface area contributed by atoms with Gasteiger partial charge in [0.1, 0.15) is 5.82 Å². The first-order valence-corrected chi connectivity index (χ1v) is 7.14. The average molecular weight is 355 g/mol. The number of nitrogens with one attached hydrogen (secondary N) is 1. The van der Waals surface area contributed by atoms with E-state index in [1.807, 2.05) is 18.2 Å². The normalized spacial score (nSPS) is 10.3. The van der Waals surface area contributed by atoms with Gasteiger partial charge < -0.3 is 11.1 Å². The maximum Gasteiger partial charge on any atom is 0.227 e. The van der Waals surface area contributed by atoms with Crippen molar-refractivity contribution in [1.82, 2.24) is 15.0 Å². The minimum absolute atomic E-state index is 0.263. The molecule has 94 valence electrons. The molecule has 0 radical (unpaired) electrons. The van der Waals surface area contributed by atoms with Crippen LogP contribution in [0.3, 0.4) is 0 Å². The fourth-order valence-corrected chi connectivity index (χ4v) is 1.88. The van der Waals surface area contributed by atoms with Gasteiger partial charge in [0.25, 0.3) is 0 Å². The van der Waals surface area contributed by atoms with Crippen molar-refractivity contribution < 1.29 is 0 Å². The van der Waals surface area contributed by atoms with Crippen LogP contribution in [0.25, 0.3) is 0 Å². The number of anilines is 2. The average Bonchev–Trinajstić information content (AvgIpc) is 2.39. The van der Waals surface area contributed by atoms with Gasteiger partial charge in [-0.1, -0.05) is 52.9 Å². The number of halogens is 1. The molecule has 0 aliphatic heterocycles. The zero-order chi connectivity index (χ0) is 12.8. The van der Waals surface area contributed by atoms with E-state index in [2.05, 4.69) is 55.0 Å². The summed E-state index contributed by atoms with van der Waals surface area (Å²) in [5.74, 6) is 1.51. The molecule has 2 rings (SSSR count). The lowest BCUT2D eigenvalue weighted by molar-refractivity contribution is 0.939. The molecule has 0 amide bonds. The molecule has 0 aliphatic rings. The van der Waals surface area contributed by atoms with Crippen molar-refractivity contribution >= 4 is 34.5 Å². The van der Waals surface area contributed by atoms with Crippen molar-refractivity contribution in [3.8, 4) is 0 Å². The Hall–Kier alpha value is -1.44. The maximum absolute atomic E-state index is 5.61. The van der Waals surface area contributed by atoms with Crippen LogP contribution in [0, 0.1) is 0 Å². The number of nitrogens with zero attached hydrogens (tertiary/aromatic N) is 3. The number of hydrogen-bond acceptors (Lipinski definition) is 5. The Balaban J connectivity index is 1.92. The fourth-order valence-electron chi connectivity index (χ4n) is 1.54. The number of nitrogens with two attached hydrogens (primary N) is 1. The van der Waals surface area contributed by atoms with Gasteiger partial charge in [-0.2, -0.15) is 15.0 Å². The van der Waals surface area contributed by atoms with Crippen molar-refractivity contribution in [2.24, 2.45) is 0 Å². The second-order valence-electron chi connectivity index (χ2n) is 3.73. The van der Waals surface area contributed by atoms with Crippen LogP contribution >= 0.6 is 22.6 Å². The van der Waals surface area contributed by atoms with Gasteiger partial charge in [-0.25, -0.2) is 0 Å². The number of rotatable bonds is 5. The van der Waals surface area contributed by atoms with E-state index in [-0.39, 0.29) is 5.95 Å². The lowest BCUT2D eigenvalue weighted by Gasteiger charge is -2.06. The fraction of sp³-hybridized carbons (Fsp3) is 0.250. The van der Waals surface area contributed by atoms with Crippen molar-refractivity contribution in [2.45, 2.75) is 10.8 Å². The summed E-state index contributed by atoms with van der Waals surface area (Å²) in [6.45, 7) is 0.772. The Bertz CT molecular complexity index is 503. The van der Waals surface area contributed by atoms with Crippen LogP contribution in [-0.2, 0) is 10.8 Å². The van der Waals surface area contributed by atoms with Crippen molar-refractivity contribution in [3.63, 3.8) is 0 Å². The molecule has 6 heteroatoms. The molecule has 1 aromatic heterocycles. The molecule has 5 nitrogen and oxygen atoms in total. The van der Waals surface area contributed by atoms with E-state index in [0.29, 0.717) is 11.8 Å². The van der Waals surface area contributed by atoms with Gasteiger partial charge in [0.15, 0.2) is 0 Å². The molecule has 1 aromatic carbocycles. The molecule has 1 heterocycles. The van der Waals surface area contributed by atoms with Crippen LogP contribution in [0.15, 0.2) is 30.3 Å². The van der Waals surface area contributed by atoms with E-state index < -0.39 is 0 Å². The zero-order valence-electron chi connectivity index (χ0n) is 9.81. The number of benzene rings is 1. The van der Waals surface area contributed by atoms with Crippen LogP contribution in [0.5, 0.6) is 0 Å². The zero-order valence-corrected chi connectivity index (χ0v) is 12.0. The SMILES string of the molecule is Nc1nc(CI)nc(NCCc2ccccc2)n1. The number of hydrogen-bond donors (Lipinski definition) is 2. The highest BCUT2D eigenvalue weighted by Crippen LogP contribution is 2.06. The molecule has 0 aliphatic carbocycles. The van der Waals surface area contributed by atoms with E-state index >= 15 is 0 Å². The number of aromatic nitrogens is 3. The molecular formula is C12H14IN5. The standard InChI is InChI=1S/C12H14IN5/c13-8-10-16-11(14)18-12(17-10)15-7-6-9-4-2-1-3-5-9/h1-5H,6-8H2,(H3,14,15,16,17,18). The van der Waals surface area contributed by atoms with Crippen molar-refractivity contribution in [3.05, 3.63) is 41.7 Å². The molecule has 0 spiro atoms. The highest BCUT2D eigenvalue weighted by atomic mass is 127. The summed E-state index contributed by atoms with van der Waals surface area (Å²) in [5, 5.41) is 3.16. The minimum Gasteiger partial charge on any atom is -0.368 e. The molecule has 0 unspecified atom stereocenters. The van der Waals surface area contributed by atoms with Crippen LogP contribution in [0.1, 0.15) is 11.4 Å². The molecule has 0 bridgehead atoms. The van der Waals surface area contributed by atoms with Crippen molar-refractivity contribution in [1.29, 1.82) is 0 Å². The van der Waals surface area contributed by atoms with Gasteiger partial charge >= 0.3 is 0 Å². The molecule has 0 saturated heterocycles. The van der Waals surface area contributed by atoms with Crippen LogP contribution in [-0.4, -0.2) is 21.5 Å². The topological polar surface area (TPSA) is 76.7 Å². The van der Waals surface area contributed by atoms with E-state index in [1.165, 1.54) is 5.56 Å². The first-order chi connectivity index (χ1) is 8.78. The predicted octanol–water partition coefficient (Wildman–Crippen LogP) is 2.04. The Morgan fingerprint density at radius 2 is 1.89 bits per heavy atom. The maximum atomic E-state index is 5.61. The van der Waals surface area contributed by atoms with Crippen LogP contribution in [0.4, 0.5) is 11.9 Å². The molecule has 18 heavy (non-hydrogen) atoms. The Kier molecular flexibility index (Phi) is 4.68. The number of alkyl halides is 1. The Morgan fingerprint density at radius 1 is 1.11 bits per heavy atom. The van der Waals surface area contributed by atoms with Gasteiger partial charge in [-0.05, 0) is 12.0 Å². The first kappa shape index (κ1) is 13.0. The lowest BCUT2D eigenvalue weighted by Crippen LogP contribution is -2.11. The van der Waals surface area contributed by atoms with Crippen LogP contribution < -0.4 is 11.1 Å². The minimum atomic E-state index is 0.263. The molecule has 0 fully saturated rings. The van der Waals surface area contributed by atoms with Gasteiger partial charge in [-0.3, -0.25) is 0 Å². The summed E-state index contributed by atoms with van der Waals surface area (Å²) < 4.78 is 0.720. The summed E-state index contributed by atoms with van der Waals surface area (Å²) >= 11 is 2.20. The van der Waals surface area contributed by atoms with E-state index in [1.54, 1.807) is 0 Å². The van der Waals surface area contributed by atoms with Gasteiger partial charge in [0.2, 0.25) is 11.9 Å². The molecule has 3 N–H and O–H groups in total. The lowest BCUT2D eigenvalue weighted by atomic mass is 10.1. The second kappa shape index (κ2) is 6.48. The smallest absolute Gasteiger partial charge is 0.227 e. The highest BCUT2D eigenvalue weighted by molar-refractivity contribution is 14.1. The first-order valence-electron chi connectivity index (χ1n) is 5.62. The molecule has 0 saturated carbocycles. The molecular weight excluding hydrogens is 341 g/mol. The summed E-state index contributed by atoms with van der Waals surface area (Å²) in [4.78, 5) is 12.3. The largest absolute Gasteiger partial charge is 0.368 e. The quantitative estimate of drug-likeness (QED) is 0.634. The number of nitrogen functional groups attached to an aromatic ring is 1. The monoisotopic (exact) mass is 355 g/mol. The summed E-state index contributed by atoms with van der Waals surface area (Å²) in [6, 6.07) is 10.3. The van der Waals surface area contributed by atoms with Gasteiger partial charge in [-0.15, -0.1) is 0 Å². The molecule has 0 atom stereocenters. The molecule has 2 aromatic rings. The van der Waals surface area contributed by atoms with Crippen LogP contribution in [0.2, 0.25) is 0 Å². The van der Waals surface area contributed by atoms with E-state index in [4.69, 9.17) is 5.73 Å². The third kappa shape index (κ3) is 3.80. The third-order valence-corrected chi connectivity index (χ3v) is 3.04.